The molecule has 2 aliphatic rings. The van der Waals surface area contributed by atoms with Crippen LogP contribution in [-0.2, 0) is 4.79 Å². The predicted molar refractivity (Wildman–Crippen MR) is 63.4 cm³/mol. The summed E-state index contributed by atoms with van der Waals surface area (Å²) in [6, 6.07) is 6.40. The molecule has 1 aromatic carbocycles. The number of nitrogen functional groups attached to an aromatic ring is 1. The smallest absolute Gasteiger partial charge is 0.328 e. The van der Waals surface area contributed by atoms with E-state index in [1.54, 1.807) is 24.3 Å². The summed E-state index contributed by atoms with van der Waals surface area (Å²) >= 11 is 0. The van der Waals surface area contributed by atoms with E-state index < -0.39 is 0 Å². The quantitative estimate of drug-likeness (QED) is 0.711. The minimum absolute atomic E-state index is 0.0916. The van der Waals surface area contributed by atoms with Crippen molar-refractivity contribution in [2.75, 3.05) is 17.2 Å². The average molecular weight is 231 g/mol. The number of hydrogen-bond donors (Lipinski definition) is 2. The van der Waals surface area contributed by atoms with Gasteiger partial charge in [0, 0.05) is 12.2 Å². The lowest BCUT2D eigenvalue weighted by Crippen LogP contribution is -2.56. The summed E-state index contributed by atoms with van der Waals surface area (Å²) in [5.74, 6) is -0.0916. The number of nitrogens with zero attached hydrogens (tertiary/aromatic N) is 1. The first-order valence-corrected chi connectivity index (χ1v) is 5.60. The van der Waals surface area contributed by atoms with Gasteiger partial charge in [-0.3, -0.25) is 4.79 Å². The van der Waals surface area contributed by atoms with Crippen molar-refractivity contribution in [3.05, 3.63) is 24.3 Å². The van der Waals surface area contributed by atoms with Gasteiger partial charge in [-0.05, 0) is 37.1 Å². The van der Waals surface area contributed by atoms with Crippen LogP contribution in [0, 0.1) is 5.41 Å². The van der Waals surface area contributed by atoms with Crippen molar-refractivity contribution < 1.29 is 9.59 Å². The highest BCUT2D eigenvalue weighted by Crippen LogP contribution is 2.48. The summed E-state index contributed by atoms with van der Waals surface area (Å²) in [4.78, 5) is 25.2. The normalized spacial score (nSPS) is 21.5. The summed E-state index contributed by atoms with van der Waals surface area (Å²) in [5, 5.41) is 2.76. The van der Waals surface area contributed by atoms with E-state index in [0.717, 1.165) is 12.8 Å². The van der Waals surface area contributed by atoms with Crippen molar-refractivity contribution >= 4 is 23.3 Å². The van der Waals surface area contributed by atoms with E-state index >= 15 is 0 Å². The van der Waals surface area contributed by atoms with Crippen LogP contribution in [0.25, 0.3) is 0 Å². The number of anilines is 2. The van der Waals surface area contributed by atoms with Gasteiger partial charge in [-0.25, -0.2) is 9.69 Å². The Labute approximate surface area is 98.6 Å². The van der Waals surface area contributed by atoms with Crippen molar-refractivity contribution in [3.8, 4) is 0 Å². The molecule has 1 aliphatic heterocycles. The molecule has 3 N–H and O–H groups in total. The molecule has 0 aromatic heterocycles. The number of nitrogens with one attached hydrogen (secondary N) is 1. The molecule has 1 saturated heterocycles. The van der Waals surface area contributed by atoms with E-state index in [9.17, 15) is 9.59 Å². The van der Waals surface area contributed by atoms with Crippen LogP contribution in [-0.4, -0.2) is 18.5 Å². The van der Waals surface area contributed by atoms with Crippen molar-refractivity contribution in [2.24, 2.45) is 5.41 Å². The number of carbonyl (C=O) groups excluding carboxylic acids is 2. The Morgan fingerprint density at radius 2 is 1.82 bits per heavy atom. The van der Waals surface area contributed by atoms with Gasteiger partial charge in [0.25, 0.3) is 0 Å². The highest BCUT2D eigenvalue weighted by Gasteiger charge is 2.56. The molecular weight excluding hydrogens is 218 g/mol. The van der Waals surface area contributed by atoms with Crippen LogP contribution in [0.2, 0.25) is 0 Å². The molecule has 1 saturated carbocycles. The second kappa shape index (κ2) is 3.23. The van der Waals surface area contributed by atoms with Gasteiger partial charge in [0.2, 0.25) is 5.91 Å². The zero-order valence-electron chi connectivity index (χ0n) is 9.27. The first-order valence-electron chi connectivity index (χ1n) is 5.60. The van der Waals surface area contributed by atoms with Gasteiger partial charge < -0.3 is 11.1 Å². The molecular formula is C12H13N3O2. The van der Waals surface area contributed by atoms with Crippen LogP contribution in [0.5, 0.6) is 0 Å². The molecule has 88 valence electrons. The number of hydrogen-bond acceptors (Lipinski definition) is 3. The van der Waals surface area contributed by atoms with Crippen LogP contribution < -0.4 is 16.0 Å². The minimum Gasteiger partial charge on any atom is -0.399 e. The van der Waals surface area contributed by atoms with Crippen molar-refractivity contribution in [1.82, 2.24) is 5.32 Å². The van der Waals surface area contributed by atoms with Crippen LogP contribution in [0.1, 0.15) is 12.8 Å². The molecule has 0 unspecified atom stereocenters. The Balaban J connectivity index is 1.97. The second-order valence-electron chi connectivity index (χ2n) is 4.67. The van der Waals surface area contributed by atoms with Gasteiger partial charge in [0.15, 0.2) is 0 Å². The molecule has 1 heterocycles. The maximum absolute atomic E-state index is 12.2. The zero-order chi connectivity index (χ0) is 12.0. The highest BCUT2D eigenvalue weighted by molar-refractivity contribution is 6.18. The lowest BCUT2D eigenvalue weighted by Gasteiger charge is -2.31. The molecule has 0 bridgehead atoms. The maximum Gasteiger partial charge on any atom is 0.328 e. The number of nitrogens with two attached hydrogens (primary N) is 1. The summed E-state index contributed by atoms with van der Waals surface area (Å²) < 4.78 is 0. The molecule has 1 aromatic rings. The lowest BCUT2D eigenvalue weighted by molar-refractivity contribution is -0.123. The monoisotopic (exact) mass is 231 g/mol. The molecule has 0 atom stereocenters. The van der Waals surface area contributed by atoms with Gasteiger partial charge in [0.1, 0.15) is 0 Å². The summed E-state index contributed by atoms with van der Waals surface area (Å²) in [6.07, 6.45) is 1.72. The van der Waals surface area contributed by atoms with E-state index in [-0.39, 0.29) is 17.4 Å². The molecule has 1 aliphatic carbocycles. The number of rotatable bonds is 1. The molecule has 1 spiro atoms. The van der Waals surface area contributed by atoms with Crippen molar-refractivity contribution in [1.29, 1.82) is 0 Å². The number of benzene rings is 1. The van der Waals surface area contributed by atoms with E-state index in [1.165, 1.54) is 4.90 Å². The van der Waals surface area contributed by atoms with E-state index in [0.29, 0.717) is 17.9 Å². The molecule has 5 heteroatoms. The fraction of sp³-hybridized carbons (Fsp3) is 0.333. The number of urea groups is 1. The highest BCUT2D eigenvalue weighted by atomic mass is 16.2. The van der Waals surface area contributed by atoms with E-state index in [4.69, 9.17) is 5.73 Å². The SMILES string of the molecule is Nc1ccc(N2C(=O)NCC3(CC3)C2=O)cc1. The minimum atomic E-state index is -0.350. The third-order valence-corrected chi connectivity index (χ3v) is 3.44. The third kappa shape index (κ3) is 1.46. The van der Waals surface area contributed by atoms with Gasteiger partial charge in [-0.15, -0.1) is 0 Å². The number of carbonyl (C=O) groups is 2. The van der Waals surface area contributed by atoms with Gasteiger partial charge in [0.05, 0.1) is 11.1 Å². The van der Waals surface area contributed by atoms with Gasteiger partial charge in [-0.2, -0.15) is 0 Å². The standard InChI is InChI=1S/C12H13N3O2/c13-8-1-3-9(4-2-8)15-10(16)12(5-6-12)7-14-11(15)17/h1-4H,5-7,13H2,(H,14,17). The van der Waals surface area contributed by atoms with Crippen LogP contribution in [0.4, 0.5) is 16.2 Å². The lowest BCUT2D eigenvalue weighted by atomic mass is 10.0. The van der Waals surface area contributed by atoms with Gasteiger partial charge >= 0.3 is 6.03 Å². The first-order chi connectivity index (χ1) is 8.12. The topological polar surface area (TPSA) is 75.4 Å². The summed E-state index contributed by atoms with van der Waals surface area (Å²) in [7, 11) is 0. The Kier molecular flexibility index (Phi) is 1.92. The van der Waals surface area contributed by atoms with Crippen LogP contribution in [0.15, 0.2) is 24.3 Å². The number of imide groups is 1. The maximum atomic E-state index is 12.2. The second-order valence-corrected chi connectivity index (χ2v) is 4.67. The van der Waals surface area contributed by atoms with Crippen molar-refractivity contribution in [3.63, 3.8) is 0 Å². The molecule has 3 rings (SSSR count). The Bertz CT molecular complexity index is 491. The molecule has 5 nitrogen and oxygen atoms in total. The molecule has 0 radical (unpaired) electrons. The fourth-order valence-corrected chi connectivity index (χ4v) is 2.13. The van der Waals surface area contributed by atoms with Crippen molar-refractivity contribution in [2.45, 2.75) is 12.8 Å². The summed E-state index contributed by atoms with van der Waals surface area (Å²) in [5.41, 5.74) is 6.44. The molecule has 2 fully saturated rings. The molecule has 3 amide bonds. The molecule has 17 heavy (non-hydrogen) atoms. The zero-order valence-corrected chi connectivity index (χ0v) is 9.27. The van der Waals surface area contributed by atoms with Crippen LogP contribution in [0.3, 0.4) is 0 Å². The van der Waals surface area contributed by atoms with E-state index in [2.05, 4.69) is 5.32 Å². The Morgan fingerprint density at radius 1 is 1.18 bits per heavy atom. The third-order valence-electron chi connectivity index (χ3n) is 3.44. The van der Waals surface area contributed by atoms with Gasteiger partial charge in [-0.1, -0.05) is 0 Å². The summed E-state index contributed by atoms with van der Waals surface area (Å²) in [6.45, 7) is 0.468. The number of amides is 3. The largest absolute Gasteiger partial charge is 0.399 e. The van der Waals surface area contributed by atoms with Crippen LogP contribution >= 0.6 is 0 Å². The fourth-order valence-electron chi connectivity index (χ4n) is 2.13. The van der Waals surface area contributed by atoms with E-state index in [1.807, 2.05) is 0 Å². The Hall–Kier alpha value is -2.04. The average Bonchev–Trinajstić information content (AvgIpc) is 3.09. The predicted octanol–water partition coefficient (Wildman–Crippen LogP) is 1.11. The Morgan fingerprint density at radius 3 is 2.41 bits per heavy atom. The first kappa shape index (κ1) is 10.1.